The molecule has 0 amide bonds. The number of ether oxygens (including phenoxy) is 2. The minimum Gasteiger partial charge on any atom is -0.492 e. The zero-order chi connectivity index (χ0) is 53.1. The number of halogens is 3. The molecule has 0 aliphatic rings. The van der Waals surface area contributed by atoms with Crippen LogP contribution in [0, 0.1) is 0 Å². The highest BCUT2D eigenvalue weighted by molar-refractivity contribution is 14.2. The molecule has 0 unspecified atom stereocenters. The van der Waals surface area contributed by atoms with E-state index in [-0.39, 0.29) is 0 Å². The van der Waals surface area contributed by atoms with Crippen molar-refractivity contribution in [3.8, 4) is 11.5 Å². The number of para-hydroxylation sites is 2. The number of H-pyrrole nitrogens is 2. The molecule has 9 rings (SSSR count). The van der Waals surface area contributed by atoms with Crippen molar-refractivity contribution >= 4 is 143 Å². The average Bonchev–Trinajstić information content (AvgIpc) is 3.94. The van der Waals surface area contributed by atoms with Crippen LogP contribution in [0.5, 0.6) is 11.5 Å². The minimum atomic E-state index is -3.40. The molecule has 0 aliphatic carbocycles. The van der Waals surface area contributed by atoms with Crippen molar-refractivity contribution in [1.29, 1.82) is 0 Å². The number of aromatic amines is 2. The largest absolute Gasteiger partial charge is 0.492 e. The van der Waals surface area contributed by atoms with Gasteiger partial charge in [0.25, 0.3) is 0 Å². The zero-order valence-electron chi connectivity index (χ0n) is 41.1. The van der Waals surface area contributed by atoms with Gasteiger partial charge in [-0.15, -0.1) is 0 Å². The Kier molecular flexibility index (Phi) is 22.9. The summed E-state index contributed by atoms with van der Waals surface area (Å²) in [7, 11) is -6.76. The molecule has 0 spiro atoms. The maximum absolute atomic E-state index is 11.6. The average molecular weight is 1380 g/mol. The van der Waals surface area contributed by atoms with E-state index in [2.05, 4.69) is 146 Å². The molecule has 14 nitrogen and oxygen atoms in total. The Morgan fingerprint density at radius 2 is 1.01 bits per heavy atom. The number of benzene rings is 7. The summed E-state index contributed by atoms with van der Waals surface area (Å²) in [4.78, 5) is 11.0. The Morgan fingerprint density at radius 3 is 1.53 bits per heavy atom. The second-order valence-corrected chi connectivity index (χ2v) is 25.0. The fourth-order valence-corrected chi connectivity index (χ4v) is 9.32. The van der Waals surface area contributed by atoms with E-state index >= 15 is 0 Å². The van der Waals surface area contributed by atoms with Crippen LogP contribution in [0.3, 0.4) is 0 Å². The summed E-state index contributed by atoms with van der Waals surface area (Å²) in [5.41, 5.74) is 7.51. The van der Waals surface area contributed by atoms with Crippen molar-refractivity contribution in [3.05, 3.63) is 180 Å². The van der Waals surface area contributed by atoms with Gasteiger partial charge < -0.3 is 35.0 Å². The van der Waals surface area contributed by atoms with Crippen molar-refractivity contribution < 1.29 is 36.5 Å². The van der Waals surface area contributed by atoms with Gasteiger partial charge in [0.2, 0.25) is 20.0 Å². The Hall–Kier alpha value is -4.73. The minimum absolute atomic E-state index is 0.326. The molecule has 74 heavy (non-hydrogen) atoms. The molecular weight excluding hydrogens is 1320 g/mol. The van der Waals surface area contributed by atoms with Gasteiger partial charge in [-0.2, -0.15) is 0 Å². The van der Waals surface area contributed by atoms with Gasteiger partial charge in [-0.05, 0) is 82.3 Å². The van der Waals surface area contributed by atoms with Gasteiger partial charge in [-0.3, -0.25) is 14.3 Å². The molecule has 0 fully saturated rings. The number of aromatic nitrogens is 2. The van der Waals surface area contributed by atoms with Crippen LogP contribution < -0.4 is 24.2 Å². The van der Waals surface area contributed by atoms with E-state index < -0.39 is 32.3 Å². The normalized spacial score (nSPS) is 12.2. The summed E-state index contributed by atoms with van der Waals surface area (Å²) in [6.07, 6.45) is 0.632. The van der Waals surface area contributed by atoms with E-state index in [1.807, 2.05) is 71.7 Å². The lowest BCUT2D eigenvalue weighted by molar-refractivity contribution is 0.0986. The number of hydrogen-bond acceptors (Lipinski definition) is 10. The topological polar surface area (TPSA) is 198 Å². The molecule has 2 heterocycles. The Morgan fingerprint density at radius 1 is 0.554 bits per heavy atom. The number of nitrogens with one attached hydrogen (secondary N) is 5. The highest BCUT2D eigenvalue weighted by Gasteiger charge is 2.17. The first-order valence-corrected chi connectivity index (χ1v) is 32.4. The Bertz CT molecular complexity index is 3420. The number of aliphatic hydroxyl groups excluding tert-OH is 2. The Balaban J connectivity index is 0.000000226. The molecule has 0 bridgehead atoms. The molecule has 2 aromatic heterocycles. The van der Waals surface area contributed by atoms with Crippen LogP contribution >= 0.6 is 67.8 Å². The molecule has 7 N–H and O–H groups in total. The van der Waals surface area contributed by atoms with Crippen LogP contribution in [0.25, 0.3) is 43.6 Å². The van der Waals surface area contributed by atoms with Crippen LogP contribution in [-0.4, -0.2) is 101 Å². The summed E-state index contributed by atoms with van der Waals surface area (Å²) >= 11 is 6.70. The van der Waals surface area contributed by atoms with Gasteiger partial charge in [0.1, 0.15) is 24.7 Å². The SMILES string of the molecule is CI.CS(=O)(=O)Nc1cccc([C@@H](O)CN(CCOc2ccc3c(c2)[nH]c2ccccc23)Cc2ccccc2)c1.CS(=O)(=O)Nc1cccc([C@@H](O)CNCCOc2ccc3c(c2)[nH]c2ccccc23)c1.ICI. The number of fused-ring (bicyclic) bond motifs is 6. The highest BCUT2D eigenvalue weighted by atomic mass is 127. The molecule has 0 aliphatic heterocycles. The maximum Gasteiger partial charge on any atom is 0.229 e. The van der Waals surface area contributed by atoms with Crippen LogP contribution in [0.1, 0.15) is 28.9 Å². The van der Waals surface area contributed by atoms with Crippen molar-refractivity contribution in [2.75, 3.05) is 68.7 Å². The lowest BCUT2D eigenvalue weighted by Crippen LogP contribution is -2.32. The molecule has 0 saturated heterocycles. The standard InChI is InChI=1S/C30H31N3O4S.C23H25N3O4S.CH2I2.CH3I/c1-38(35,36)32-24-11-7-10-23(18-24)30(34)21-33(20-22-8-3-2-4-9-22)16-17-37-25-14-15-27-26-12-5-6-13-28(26)31-29(27)19-25;1-31(28,29)26-17-6-4-5-16(13-17)23(27)15-24-11-12-30-18-9-10-20-19-7-2-3-8-21(19)25-22(20)14-18;2-1-3;1-2/h2-15,18-19,30-32,34H,16-17,20-21H2,1H3;2-10,13-14,23-27H,11-12,15H2,1H3;1H2;1H3/t30-;23-;;/m00../s1. The number of alkyl halides is 3. The Labute approximate surface area is 474 Å². The smallest absolute Gasteiger partial charge is 0.229 e. The van der Waals surface area contributed by atoms with Gasteiger partial charge in [0.15, 0.2) is 0 Å². The van der Waals surface area contributed by atoms with Gasteiger partial charge in [0.05, 0.1) is 38.2 Å². The third kappa shape index (κ3) is 18.2. The second kappa shape index (κ2) is 29.0. The third-order valence-corrected chi connectivity index (χ3v) is 12.6. The summed E-state index contributed by atoms with van der Waals surface area (Å²) in [6, 6.07) is 52.2. The van der Waals surface area contributed by atoms with Crippen LogP contribution in [0.2, 0.25) is 0 Å². The van der Waals surface area contributed by atoms with Crippen molar-refractivity contribution in [3.63, 3.8) is 0 Å². The first-order valence-electron chi connectivity index (χ1n) is 23.4. The number of rotatable bonds is 20. The predicted octanol–water partition coefficient (Wildman–Crippen LogP) is 11.6. The molecule has 9 aromatic rings. The van der Waals surface area contributed by atoms with Gasteiger partial charge in [-0.25, -0.2) is 16.8 Å². The quantitative estimate of drug-likeness (QED) is 0.0219. The highest BCUT2D eigenvalue weighted by Crippen LogP contribution is 2.30. The number of hydrogen-bond donors (Lipinski definition) is 7. The molecule has 392 valence electrons. The fourth-order valence-electron chi connectivity index (χ4n) is 8.21. The fraction of sp³-hybridized carbons (Fsp3) is 0.236. The van der Waals surface area contributed by atoms with Crippen LogP contribution in [0.4, 0.5) is 11.4 Å². The summed E-state index contributed by atoms with van der Waals surface area (Å²) in [6.45, 7) is 3.38. The molecule has 0 radical (unpaired) electrons. The first kappa shape index (κ1) is 58.5. The van der Waals surface area contributed by atoms with Gasteiger partial charge in [-0.1, -0.05) is 159 Å². The van der Waals surface area contributed by atoms with Crippen molar-refractivity contribution in [1.82, 2.24) is 20.2 Å². The zero-order valence-corrected chi connectivity index (χ0v) is 49.2. The number of aliphatic hydroxyl groups is 2. The van der Waals surface area contributed by atoms with Crippen LogP contribution in [-0.2, 0) is 26.6 Å². The van der Waals surface area contributed by atoms with Crippen LogP contribution in [0.15, 0.2) is 164 Å². The number of sulfonamides is 2. The lowest BCUT2D eigenvalue weighted by atomic mass is 10.1. The molecular formula is C55H61I3N6O8S2. The summed E-state index contributed by atoms with van der Waals surface area (Å²) in [5.74, 6) is 1.56. The van der Waals surface area contributed by atoms with Gasteiger partial charge >= 0.3 is 0 Å². The third-order valence-electron chi connectivity index (χ3n) is 11.3. The van der Waals surface area contributed by atoms with Crippen molar-refractivity contribution in [2.24, 2.45) is 0 Å². The predicted molar refractivity (Wildman–Crippen MR) is 330 cm³/mol. The molecule has 19 heteroatoms. The second-order valence-electron chi connectivity index (χ2n) is 17.0. The monoisotopic (exact) mass is 1380 g/mol. The lowest BCUT2D eigenvalue weighted by Gasteiger charge is -2.25. The first-order chi connectivity index (χ1) is 35.6. The van der Waals surface area contributed by atoms with Crippen molar-refractivity contribution in [2.45, 2.75) is 18.8 Å². The van der Waals surface area contributed by atoms with E-state index in [1.165, 1.54) is 13.2 Å². The molecule has 2 atom stereocenters. The van der Waals surface area contributed by atoms with E-state index in [0.29, 0.717) is 68.4 Å². The number of nitrogens with zero attached hydrogens (tertiary/aromatic N) is 1. The maximum atomic E-state index is 11.6. The van der Waals surface area contributed by atoms with E-state index in [4.69, 9.17) is 9.47 Å². The summed E-state index contributed by atoms with van der Waals surface area (Å²) < 4.78 is 64.0. The van der Waals surface area contributed by atoms with E-state index in [1.54, 1.807) is 48.5 Å². The summed E-state index contributed by atoms with van der Waals surface area (Å²) in [5, 5.41) is 29.3. The van der Waals surface area contributed by atoms with Gasteiger partial charge in [0, 0.05) is 88.8 Å². The van der Waals surface area contributed by atoms with E-state index in [9.17, 15) is 27.0 Å². The molecule has 0 saturated carbocycles. The number of anilines is 2. The molecule has 7 aromatic carbocycles. The van der Waals surface area contributed by atoms with E-state index in [0.717, 1.165) is 62.4 Å².